The molecule has 2 aromatic rings. The van der Waals surface area contributed by atoms with E-state index in [1.807, 2.05) is 19.9 Å². The molecule has 1 heterocycles. The van der Waals surface area contributed by atoms with Gasteiger partial charge in [0, 0.05) is 24.1 Å². The van der Waals surface area contributed by atoms with Gasteiger partial charge in [0.15, 0.2) is 11.6 Å². The van der Waals surface area contributed by atoms with Gasteiger partial charge >= 0.3 is 0 Å². The second kappa shape index (κ2) is 7.20. The smallest absolute Gasteiger partial charge is 0.240 e. The quantitative estimate of drug-likeness (QED) is 0.832. The topological polar surface area (TPSA) is 64.6 Å². The van der Waals surface area contributed by atoms with Gasteiger partial charge in [0.2, 0.25) is 10.0 Å². The number of ether oxygens (including phenoxy) is 2. The van der Waals surface area contributed by atoms with Crippen molar-refractivity contribution in [3.8, 4) is 11.5 Å². The number of halogens is 2. The number of hydrogen-bond acceptors (Lipinski definition) is 4. The highest BCUT2D eigenvalue weighted by Crippen LogP contribution is 2.35. The molecule has 1 N–H and O–H groups in total. The molecular formula is C18H19F2NO4S. The number of fused-ring (bicyclic) bond motifs is 1. The summed E-state index contributed by atoms with van der Waals surface area (Å²) >= 11 is 0. The van der Waals surface area contributed by atoms with E-state index < -0.39 is 21.7 Å². The minimum atomic E-state index is -4.01. The van der Waals surface area contributed by atoms with E-state index in [4.69, 9.17) is 9.47 Å². The molecule has 2 aromatic carbocycles. The molecule has 3 rings (SSSR count). The molecule has 0 saturated heterocycles. The van der Waals surface area contributed by atoms with Crippen LogP contribution in [0.25, 0.3) is 0 Å². The summed E-state index contributed by atoms with van der Waals surface area (Å²) in [4.78, 5) is -0.347. The van der Waals surface area contributed by atoms with Crippen molar-refractivity contribution in [2.75, 3.05) is 6.61 Å². The molecule has 26 heavy (non-hydrogen) atoms. The van der Waals surface area contributed by atoms with Gasteiger partial charge < -0.3 is 9.47 Å². The predicted molar refractivity (Wildman–Crippen MR) is 91.8 cm³/mol. The average molecular weight is 383 g/mol. The first-order valence-electron chi connectivity index (χ1n) is 8.20. The van der Waals surface area contributed by atoms with Crippen LogP contribution in [0, 0.1) is 11.6 Å². The van der Waals surface area contributed by atoms with Crippen LogP contribution < -0.4 is 14.2 Å². The maximum atomic E-state index is 13.3. The Kier molecular flexibility index (Phi) is 5.15. The van der Waals surface area contributed by atoms with Gasteiger partial charge in [-0.05, 0) is 44.2 Å². The van der Waals surface area contributed by atoms with E-state index in [0.29, 0.717) is 29.7 Å². The van der Waals surface area contributed by atoms with Crippen molar-refractivity contribution < 1.29 is 26.7 Å². The molecule has 0 fully saturated rings. The third-order valence-electron chi connectivity index (χ3n) is 4.03. The van der Waals surface area contributed by atoms with Crippen molar-refractivity contribution in [1.29, 1.82) is 0 Å². The summed E-state index contributed by atoms with van der Waals surface area (Å²) in [6.45, 7) is 4.15. The molecule has 0 amide bonds. The highest BCUT2D eigenvalue weighted by atomic mass is 32.2. The summed E-state index contributed by atoms with van der Waals surface area (Å²) in [6.07, 6.45) is 0.810. The number of rotatable bonds is 6. The van der Waals surface area contributed by atoms with Crippen LogP contribution in [-0.4, -0.2) is 21.1 Å². The molecule has 0 saturated carbocycles. The second-order valence-electron chi connectivity index (χ2n) is 6.03. The van der Waals surface area contributed by atoms with Crippen LogP contribution in [-0.2, 0) is 23.0 Å². The van der Waals surface area contributed by atoms with Crippen LogP contribution in [0.2, 0.25) is 0 Å². The monoisotopic (exact) mass is 383 g/mol. The lowest BCUT2D eigenvalue weighted by Gasteiger charge is -2.13. The average Bonchev–Trinajstić information content (AvgIpc) is 2.94. The van der Waals surface area contributed by atoms with Gasteiger partial charge in [0.05, 0.1) is 11.5 Å². The summed E-state index contributed by atoms with van der Waals surface area (Å²) in [5, 5.41) is 0. The maximum Gasteiger partial charge on any atom is 0.240 e. The third kappa shape index (κ3) is 3.81. The van der Waals surface area contributed by atoms with E-state index >= 15 is 0 Å². The Hall–Kier alpha value is -2.19. The molecule has 0 unspecified atom stereocenters. The van der Waals surface area contributed by atoms with Gasteiger partial charge in [0.25, 0.3) is 0 Å². The van der Waals surface area contributed by atoms with Crippen LogP contribution >= 0.6 is 0 Å². The zero-order chi connectivity index (χ0) is 18.9. The van der Waals surface area contributed by atoms with E-state index in [1.165, 1.54) is 0 Å². The Balaban J connectivity index is 1.84. The molecular weight excluding hydrogens is 364 g/mol. The standard InChI is InChI=1S/C18H19F2NO4S/c1-3-24-17-7-12-6-11(2)25-18(12)8-13(17)10-21-26(22,23)14-4-5-15(19)16(20)9-14/h4-5,7-9,11,21H,3,6,10H2,1-2H3/t11-/m0/s1. The van der Waals surface area contributed by atoms with Crippen LogP contribution in [0.5, 0.6) is 11.5 Å². The first-order chi connectivity index (χ1) is 12.3. The van der Waals surface area contributed by atoms with Gasteiger partial charge in [-0.25, -0.2) is 21.9 Å². The Morgan fingerprint density at radius 2 is 2.00 bits per heavy atom. The molecule has 1 aliphatic heterocycles. The molecule has 140 valence electrons. The molecule has 0 aromatic heterocycles. The van der Waals surface area contributed by atoms with E-state index in [2.05, 4.69) is 4.72 Å². The van der Waals surface area contributed by atoms with E-state index in [1.54, 1.807) is 6.07 Å². The molecule has 1 atom stereocenters. The summed E-state index contributed by atoms with van der Waals surface area (Å²) < 4.78 is 64.7. The van der Waals surface area contributed by atoms with Crippen LogP contribution in [0.1, 0.15) is 25.0 Å². The normalized spacial score (nSPS) is 16.2. The van der Waals surface area contributed by atoms with E-state index in [-0.39, 0.29) is 17.5 Å². The number of hydrogen-bond donors (Lipinski definition) is 1. The lowest BCUT2D eigenvalue weighted by molar-refractivity contribution is 0.254. The first kappa shape index (κ1) is 18.6. The Labute approximate surface area is 151 Å². The van der Waals surface area contributed by atoms with Crippen LogP contribution in [0.3, 0.4) is 0 Å². The summed E-state index contributed by atoms with van der Waals surface area (Å²) in [7, 11) is -4.01. The van der Waals surface area contributed by atoms with Crippen molar-refractivity contribution in [1.82, 2.24) is 4.72 Å². The third-order valence-corrected chi connectivity index (χ3v) is 5.43. The van der Waals surface area contributed by atoms with Gasteiger partial charge in [-0.3, -0.25) is 0 Å². The molecule has 0 spiro atoms. The van der Waals surface area contributed by atoms with Crippen LogP contribution in [0.15, 0.2) is 35.2 Å². The summed E-state index contributed by atoms with van der Waals surface area (Å²) in [5.41, 5.74) is 1.61. The number of sulfonamides is 1. The van der Waals surface area contributed by atoms with Crippen molar-refractivity contribution in [2.24, 2.45) is 0 Å². The lowest BCUT2D eigenvalue weighted by atomic mass is 10.1. The first-order valence-corrected chi connectivity index (χ1v) is 9.68. The fourth-order valence-corrected chi connectivity index (χ4v) is 3.83. The van der Waals surface area contributed by atoms with E-state index in [0.717, 1.165) is 24.1 Å². The van der Waals surface area contributed by atoms with Gasteiger partial charge in [-0.1, -0.05) is 0 Å². The fraction of sp³-hybridized carbons (Fsp3) is 0.333. The number of benzene rings is 2. The highest BCUT2D eigenvalue weighted by Gasteiger charge is 2.23. The molecule has 0 aliphatic carbocycles. The highest BCUT2D eigenvalue weighted by molar-refractivity contribution is 7.89. The Bertz CT molecular complexity index is 931. The second-order valence-corrected chi connectivity index (χ2v) is 7.80. The largest absolute Gasteiger partial charge is 0.494 e. The van der Waals surface area contributed by atoms with Gasteiger partial charge in [-0.15, -0.1) is 0 Å². The van der Waals surface area contributed by atoms with Crippen LogP contribution in [0.4, 0.5) is 8.78 Å². The molecule has 1 aliphatic rings. The van der Waals surface area contributed by atoms with Gasteiger partial charge in [0.1, 0.15) is 17.6 Å². The van der Waals surface area contributed by atoms with Crippen molar-refractivity contribution in [2.45, 2.75) is 37.8 Å². The zero-order valence-electron chi connectivity index (χ0n) is 14.4. The number of nitrogens with one attached hydrogen (secondary N) is 1. The molecule has 0 radical (unpaired) electrons. The lowest BCUT2D eigenvalue weighted by Crippen LogP contribution is -2.24. The van der Waals surface area contributed by atoms with Crippen molar-refractivity contribution in [3.63, 3.8) is 0 Å². The van der Waals surface area contributed by atoms with Gasteiger partial charge in [-0.2, -0.15) is 0 Å². The zero-order valence-corrected chi connectivity index (χ0v) is 15.2. The predicted octanol–water partition coefficient (Wildman–Crippen LogP) is 3.17. The summed E-state index contributed by atoms with van der Waals surface area (Å²) in [6, 6.07) is 6.04. The fourth-order valence-electron chi connectivity index (χ4n) is 2.81. The molecule has 0 bridgehead atoms. The minimum Gasteiger partial charge on any atom is -0.494 e. The Morgan fingerprint density at radius 3 is 2.69 bits per heavy atom. The Morgan fingerprint density at radius 1 is 1.23 bits per heavy atom. The van der Waals surface area contributed by atoms with Crippen molar-refractivity contribution in [3.05, 3.63) is 53.1 Å². The molecule has 5 nitrogen and oxygen atoms in total. The minimum absolute atomic E-state index is 0.0496. The SMILES string of the molecule is CCOc1cc2c(cc1CNS(=O)(=O)c1ccc(F)c(F)c1)O[C@@H](C)C2. The molecule has 8 heteroatoms. The van der Waals surface area contributed by atoms with E-state index in [9.17, 15) is 17.2 Å². The maximum absolute atomic E-state index is 13.3. The summed E-state index contributed by atoms with van der Waals surface area (Å²) in [5.74, 6) is -1.06. The van der Waals surface area contributed by atoms with Crippen molar-refractivity contribution >= 4 is 10.0 Å².